The van der Waals surface area contributed by atoms with Crippen LogP contribution in [-0.2, 0) is 0 Å². The number of benzene rings is 7. The van der Waals surface area contributed by atoms with Crippen LogP contribution in [0.2, 0.25) is 0 Å². The normalized spacial score (nSPS) is 11.9. The number of hydrogen-bond donors (Lipinski definition) is 0. The smallest absolute Gasteiger partial charge is 0.159 e. The van der Waals surface area contributed by atoms with Crippen LogP contribution in [0, 0.1) is 6.92 Å². The lowest BCUT2D eigenvalue weighted by atomic mass is 10.0. The first-order valence-electron chi connectivity index (χ1n) is 14.3. The van der Waals surface area contributed by atoms with Crippen LogP contribution in [0.3, 0.4) is 0 Å². The van der Waals surface area contributed by atoms with Crippen LogP contribution in [0.25, 0.3) is 65.4 Å². The van der Waals surface area contributed by atoms with Crippen molar-refractivity contribution in [3.63, 3.8) is 0 Å². The van der Waals surface area contributed by atoms with Gasteiger partial charge in [0.2, 0.25) is 0 Å². The maximum atomic E-state index is 6.61. The average molecular weight is 540 g/mol. The Balaban J connectivity index is 1.43. The fraction of sp³-hybridized carbons (Fsp3) is 0.0256. The maximum absolute atomic E-state index is 6.61. The summed E-state index contributed by atoms with van der Waals surface area (Å²) >= 11 is 0. The van der Waals surface area contributed by atoms with Crippen molar-refractivity contribution in [2.45, 2.75) is 6.92 Å². The zero-order valence-corrected chi connectivity index (χ0v) is 23.0. The molecule has 0 atom stereocenters. The summed E-state index contributed by atoms with van der Waals surface area (Å²) in [6.45, 7) is 2.14. The largest absolute Gasteiger partial charge is 0.455 e. The molecular formula is C39H25NO2. The topological polar surface area (TPSA) is 29.5 Å². The van der Waals surface area contributed by atoms with E-state index in [0.29, 0.717) is 0 Å². The SMILES string of the molecule is Cc1cccc(N(c2cc3c4cc5ccccc5cc4oc3c3ccccc23)c2cccc3c2oc2ccccc23)c1. The van der Waals surface area contributed by atoms with Gasteiger partial charge in [-0.25, -0.2) is 0 Å². The van der Waals surface area contributed by atoms with Crippen molar-refractivity contribution in [2.24, 2.45) is 0 Å². The molecule has 0 N–H and O–H groups in total. The maximum Gasteiger partial charge on any atom is 0.159 e. The molecule has 42 heavy (non-hydrogen) atoms. The Morgan fingerprint density at radius 3 is 1.95 bits per heavy atom. The molecule has 0 fully saturated rings. The molecule has 198 valence electrons. The Bertz CT molecular complexity index is 2500. The van der Waals surface area contributed by atoms with E-state index in [1.54, 1.807) is 0 Å². The number of anilines is 3. The highest BCUT2D eigenvalue weighted by molar-refractivity contribution is 6.22. The summed E-state index contributed by atoms with van der Waals surface area (Å²) < 4.78 is 13.2. The van der Waals surface area contributed by atoms with E-state index in [9.17, 15) is 0 Å². The monoisotopic (exact) mass is 539 g/mol. The molecule has 0 amide bonds. The van der Waals surface area contributed by atoms with Crippen LogP contribution in [0.15, 0.2) is 142 Å². The van der Waals surface area contributed by atoms with Gasteiger partial charge in [0.25, 0.3) is 0 Å². The highest BCUT2D eigenvalue weighted by atomic mass is 16.3. The van der Waals surface area contributed by atoms with Gasteiger partial charge in [-0.1, -0.05) is 91.0 Å². The third-order valence-electron chi connectivity index (χ3n) is 8.45. The van der Waals surface area contributed by atoms with Crippen molar-refractivity contribution in [1.29, 1.82) is 0 Å². The second kappa shape index (κ2) is 8.73. The van der Waals surface area contributed by atoms with Crippen molar-refractivity contribution in [3.8, 4) is 0 Å². The van der Waals surface area contributed by atoms with Gasteiger partial charge in [0.15, 0.2) is 5.58 Å². The molecule has 0 aliphatic rings. The van der Waals surface area contributed by atoms with E-state index in [0.717, 1.165) is 71.7 Å². The minimum Gasteiger partial charge on any atom is -0.455 e. The Morgan fingerprint density at radius 2 is 1.10 bits per heavy atom. The number of rotatable bonds is 3. The molecule has 2 heterocycles. The second-order valence-corrected chi connectivity index (χ2v) is 11.0. The molecule has 3 nitrogen and oxygen atoms in total. The summed E-state index contributed by atoms with van der Waals surface area (Å²) in [5.41, 5.74) is 7.90. The Morgan fingerprint density at radius 1 is 0.429 bits per heavy atom. The molecular weight excluding hydrogens is 514 g/mol. The number of aryl methyl sites for hydroxylation is 1. The Kier molecular flexibility index (Phi) is 4.82. The lowest BCUT2D eigenvalue weighted by Gasteiger charge is -2.27. The Labute approximate surface area is 241 Å². The van der Waals surface area contributed by atoms with Gasteiger partial charge in [-0.3, -0.25) is 0 Å². The molecule has 0 unspecified atom stereocenters. The van der Waals surface area contributed by atoms with Crippen LogP contribution in [0.5, 0.6) is 0 Å². The molecule has 3 heteroatoms. The van der Waals surface area contributed by atoms with E-state index in [2.05, 4.69) is 133 Å². The van der Waals surface area contributed by atoms with E-state index < -0.39 is 0 Å². The first-order chi connectivity index (χ1) is 20.7. The number of para-hydroxylation sites is 2. The lowest BCUT2D eigenvalue weighted by Crippen LogP contribution is -2.11. The highest BCUT2D eigenvalue weighted by Gasteiger charge is 2.23. The first-order valence-corrected chi connectivity index (χ1v) is 14.3. The van der Waals surface area contributed by atoms with Crippen molar-refractivity contribution in [1.82, 2.24) is 0 Å². The Hall–Kier alpha value is -5.54. The minimum absolute atomic E-state index is 0.868. The minimum atomic E-state index is 0.868. The predicted molar refractivity (Wildman–Crippen MR) is 175 cm³/mol. The highest BCUT2D eigenvalue weighted by Crippen LogP contribution is 2.47. The second-order valence-electron chi connectivity index (χ2n) is 11.0. The zero-order chi connectivity index (χ0) is 27.8. The molecule has 0 bridgehead atoms. The van der Waals surface area contributed by atoms with Gasteiger partial charge in [0.1, 0.15) is 16.7 Å². The summed E-state index contributed by atoms with van der Waals surface area (Å²) in [6.07, 6.45) is 0. The quantitative estimate of drug-likeness (QED) is 0.224. The van der Waals surface area contributed by atoms with Crippen LogP contribution >= 0.6 is 0 Å². The average Bonchev–Trinajstić information content (AvgIpc) is 3.59. The van der Waals surface area contributed by atoms with E-state index in [-0.39, 0.29) is 0 Å². The third kappa shape index (κ3) is 3.34. The summed E-state index contributed by atoms with van der Waals surface area (Å²) in [5.74, 6) is 0. The van der Waals surface area contributed by atoms with Crippen LogP contribution < -0.4 is 4.90 Å². The van der Waals surface area contributed by atoms with E-state index in [1.807, 2.05) is 12.1 Å². The van der Waals surface area contributed by atoms with Crippen molar-refractivity contribution in [2.75, 3.05) is 4.90 Å². The summed E-state index contributed by atoms with van der Waals surface area (Å²) in [7, 11) is 0. The summed E-state index contributed by atoms with van der Waals surface area (Å²) in [6, 6.07) is 47.1. The first kappa shape index (κ1) is 23.2. The molecule has 0 aliphatic heterocycles. The molecule has 0 saturated heterocycles. The van der Waals surface area contributed by atoms with Crippen LogP contribution in [0.4, 0.5) is 17.1 Å². The molecule has 2 aromatic heterocycles. The number of furan rings is 2. The molecule has 0 radical (unpaired) electrons. The zero-order valence-electron chi connectivity index (χ0n) is 23.0. The van der Waals surface area contributed by atoms with E-state index in [4.69, 9.17) is 8.83 Å². The number of hydrogen-bond acceptors (Lipinski definition) is 3. The van der Waals surface area contributed by atoms with Crippen molar-refractivity contribution < 1.29 is 8.83 Å². The lowest BCUT2D eigenvalue weighted by molar-refractivity contribution is 0.669. The molecule has 9 aromatic rings. The van der Waals surface area contributed by atoms with Gasteiger partial charge in [-0.2, -0.15) is 0 Å². The molecule has 0 aliphatic carbocycles. The van der Waals surface area contributed by atoms with Gasteiger partial charge in [0.05, 0.1) is 11.4 Å². The molecule has 7 aromatic carbocycles. The van der Waals surface area contributed by atoms with Gasteiger partial charge < -0.3 is 13.7 Å². The number of nitrogens with zero attached hydrogens (tertiary/aromatic N) is 1. The van der Waals surface area contributed by atoms with Gasteiger partial charge >= 0.3 is 0 Å². The number of fused-ring (bicyclic) bond motifs is 9. The van der Waals surface area contributed by atoms with E-state index >= 15 is 0 Å². The van der Waals surface area contributed by atoms with Crippen molar-refractivity contribution in [3.05, 3.63) is 139 Å². The van der Waals surface area contributed by atoms with E-state index in [1.165, 1.54) is 16.3 Å². The summed E-state index contributed by atoms with van der Waals surface area (Å²) in [4.78, 5) is 2.35. The van der Waals surface area contributed by atoms with Gasteiger partial charge in [0, 0.05) is 38.0 Å². The van der Waals surface area contributed by atoms with Crippen LogP contribution in [0.1, 0.15) is 5.56 Å². The van der Waals surface area contributed by atoms with Crippen LogP contribution in [-0.4, -0.2) is 0 Å². The predicted octanol–water partition coefficient (Wildman–Crippen LogP) is 11.6. The van der Waals surface area contributed by atoms with Crippen molar-refractivity contribution >= 4 is 82.5 Å². The fourth-order valence-corrected chi connectivity index (χ4v) is 6.53. The van der Waals surface area contributed by atoms with Gasteiger partial charge in [-0.05, 0) is 65.7 Å². The molecule has 0 saturated carbocycles. The third-order valence-corrected chi connectivity index (χ3v) is 8.45. The standard InChI is InChI=1S/C39H25NO2/c1-24-10-8-13-27(20-24)40(34-18-9-17-31-29-15-6-7-19-36(29)41-39(31)34)35-23-33-32-21-25-11-2-3-12-26(25)22-37(32)42-38(33)30-16-5-4-14-28(30)35/h2-23H,1H3. The molecule has 9 rings (SSSR count). The van der Waals surface area contributed by atoms with Gasteiger partial charge in [-0.15, -0.1) is 0 Å². The molecule has 0 spiro atoms. The summed E-state index contributed by atoms with van der Waals surface area (Å²) in [5, 5.41) is 9.00. The fourth-order valence-electron chi connectivity index (χ4n) is 6.53.